The van der Waals surface area contributed by atoms with Crippen molar-refractivity contribution in [2.45, 2.75) is 43.9 Å². The minimum atomic E-state index is -3.58. The number of hydrogen-bond acceptors (Lipinski definition) is 3. The molecule has 0 N–H and O–H groups in total. The van der Waals surface area contributed by atoms with Gasteiger partial charge in [-0.05, 0) is 44.2 Å². The summed E-state index contributed by atoms with van der Waals surface area (Å²) in [6, 6.07) is 5.48. The summed E-state index contributed by atoms with van der Waals surface area (Å²) in [5.41, 5.74) is 2.03. The summed E-state index contributed by atoms with van der Waals surface area (Å²) in [6.07, 6.45) is 3.35. The summed E-state index contributed by atoms with van der Waals surface area (Å²) in [5.74, 6) is 0.389. The van der Waals surface area contributed by atoms with Crippen LogP contribution in [0.5, 0.6) is 0 Å². The zero-order valence-electron chi connectivity index (χ0n) is 10.3. The summed E-state index contributed by atoms with van der Waals surface area (Å²) in [6.45, 7) is 3.86. The lowest BCUT2D eigenvalue weighted by Crippen LogP contribution is -2.15. The second kappa shape index (κ2) is 4.78. The van der Waals surface area contributed by atoms with Gasteiger partial charge in [0.1, 0.15) is 0 Å². The van der Waals surface area contributed by atoms with Gasteiger partial charge in [-0.15, -0.1) is 0 Å². The molecule has 0 saturated heterocycles. The van der Waals surface area contributed by atoms with Crippen LogP contribution in [0, 0.1) is 6.92 Å². The summed E-state index contributed by atoms with van der Waals surface area (Å²) >= 11 is 0. The maximum Gasteiger partial charge on any atom is 0.297 e. The second-order valence-electron chi connectivity index (χ2n) is 4.53. The van der Waals surface area contributed by atoms with Crippen molar-refractivity contribution < 1.29 is 12.6 Å². The zero-order valence-corrected chi connectivity index (χ0v) is 11.1. The van der Waals surface area contributed by atoms with Crippen LogP contribution >= 0.6 is 0 Å². The third-order valence-electron chi connectivity index (χ3n) is 3.25. The standard InChI is InChI=1S/C13H18O3S/c1-3-16-17(14,15)13-8-7-10(2)9-12(13)11-5-4-6-11/h7-9,11H,3-6H2,1-2H3. The minimum Gasteiger partial charge on any atom is -0.267 e. The van der Waals surface area contributed by atoms with Crippen LogP contribution in [-0.2, 0) is 14.3 Å². The molecule has 0 aliphatic heterocycles. The van der Waals surface area contributed by atoms with Crippen molar-refractivity contribution in [2.24, 2.45) is 0 Å². The second-order valence-corrected chi connectivity index (χ2v) is 6.11. The van der Waals surface area contributed by atoms with Gasteiger partial charge in [0.2, 0.25) is 0 Å². The first-order chi connectivity index (χ1) is 8.04. The van der Waals surface area contributed by atoms with Gasteiger partial charge in [-0.3, -0.25) is 4.18 Å². The molecular formula is C13H18O3S. The number of aryl methyl sites for hydroxylation is 1. The van der Waals surface area contributed by atoms with Crippen LogP contribution in [0.2, 0.25) is 0 Å². The average molecular weight is 254 g/mol. The molecule has 17 heavy (non-hydrogen) atoms. The van der Waals surface area contributed by atoms with E-state index in [0.717, 1.165) is 24.0 Å². The van der Waals surface area contributed by atoms with E-state index in [1.54, 1.807) is 13.0 Å². The highest BCUT2D eigenvalue weighted by molar-refractivity contribution is 7.86. The molecule has 1 fully saturated rings. The van der Waals surface area contributed by atoms with E-state index >= 15 is 0 Å². The molecule has 1 aromatic carbocycles. The van der Waals surface area contributed by atoms with Crippen LogP contribution < -0.4 is 0 Å². The first kappa shape index (κ1) is 12.6. The molecule has 0 heterocycles. The van der Waals surface area contributed by atoms with Gasteiger partial charge in [0.15, 0.2) is 0 Å². The van der Waals surface area contributed by atoms with E-state index in [0.29, 0.717) is 10.8 Å². The molecule has 0 radical (unpaired) electrons. The van der Waals surface area contributed by atoms with Gasteiger partial charge in [0.25, 0.3) is 10.1 Å². The maximum absolute atomic E-state index is 12.0. The maximum atomic E-state index is 12.0. The molecule has 0 bridgehead atoms. The predicted molar refractivity (Wildman–Crippen MR) is 66.6 cm³/mol. The molecule has 0 spiro atoms. The molecule has 1 aliphatic carbocycles. The normalized spacial score (nSPS) is 16.8. The van der Waals surface area contributed by atoms with Crippen LogP contribution in [0.25, 0.3) is 0 Å². The summed E-state index contributed by atoms with van der Waals surface area (Å²) in [7, 11) is -3.58. The largest absolute Gasteiger partial charge is 0.297 e. The lowest BCUT2D eigenvalue weighted by molar-refractivity contribution is 0.335. The van der Waals surface area contributed by atoms with E-state index in [2.05, 4.69) is 0 Å². The van der Waals surface area contributed by atoms with Crippen molar-refractivity contribution in [3.63, 3.8) is 0 Å². The first-order valence-corrected chi connectivity index (χ1v) is 7.45. The lowest BCUT2D eigenvalue weighted by Gasteiger charge is -2.27. The fourth-order valence-corrected chi connectivity index (χ4v) is 3.34. The highest BCUT2D eigenvalue weighted by atomic mass is 32.2. The fourth-order valence-electron chi connectivity index (χ4n) is 2.15. The average Bonchev–Trinajstić information content (AvgIpc) is 2.14. The molecule has 1 aromatic rings. The highest BCUT2D eigenvalue weighted by Gasteiger charge is 2.27. The Morgan fingerprint density at radius 1 is 1.35 bits per heavy atom. The van der Waals surface area contributed by atoms with Gasteiger partial charge < -0.3 is 0 Å². The fraction of sp³-hybridized carbons (Fsp3) is 0.538. The third-order valence-corrected chi connectivity index (χ3v) is 4.71. The number of benzene rings is 1. The lowest BCUT2D eigenvalue weighted by atomic mass is 9.80. The summed E-state index contributed by atoms with van der Waals surface area (Å²) in [4.78, 5) is 0.356. The topological polar surface area (TPSA) is 43.4 Å². The Morgan fingerprint density at radius 2 is 2.06 bits per heavy atom. The van der Waals surface area contributed by atoms with Crippen LogP contribution in [0.1, 0.15) is 43.2 Å². The molecule has 3 nitrogen and oxygen atoms in total. The Hall–Kier alpha value is -0.870. The Kier molecular flexibility index (Phi) is 3.54. The smallest absolute Gasteiger partial charge is 0.267 e. The van der Waals surface area contributed by atoms with E-state index in [1.807, 2.05) is 19.1 Å². The third kappa shape index (κ3) is 2.53. The van der Waals surface area contributed by atoms with Crippen molar-refractivity contribution >= 4 is 10.1 Å². The monoisotopic (exact) mass is 254 g/mol. The van der Waals surface area contributed by atoms with Crippen LogP contribution in [-0.4, -0.2) is 15.0 Å². The Morgan fingerprint density at radius 3 is 2.59 bits per heavy atom. The molecule has 0 amide bonds. The molecule has 1 saturated carbocycles. The molecule has 0 aromatic heterocycles. The van der Waals surface area contributed by atoms with E-state index < -0.39 is 10.1 Å². The minimum absolute atomic E-state index is 0.181. The number of rotatable bonds is 4. The van der Waals surface area contributed by atoms with Crippen LogP contribution in [0.3, 0.4) is 0 Å². The number of hydrogen-bond donors (Lipinski definition) is 0. The van der Waals surface area contributed by atoms with E-state index in [9.17, 15) is 8.42 Å². The van der Waals surface area contributed by atoms with Crippen molar-refractivity contribution in [1.82, 2.24) is 0 Å². The zero-order chi connectivity index (χ0) is 12.5. The van der Waals surface area contributed by atoms with E-state index in [4.69, 9.17) is 4.18 Å². The van der Waals surface area contributed by atoms with Crippen molar-refractivity contribution in [1.29, 1.82) is 0 Å². The molecule has 2 rings (SSSR count). The van der Waals surface area contributed by atoms with Crippen molar-refractivity contribution in [3.05, 3.63) is 29.3 Å². The van der Waals surface area contributed by atoms with Crippen LogP contribution in [0.15, 0.2) is 23.1 Å². The van der Waals surface area contributed by atoms with E-state index in [1.165, 1.54) is 6.42 Å². The predicted octanol–water partition coefficient (Wildman–Crippen LogP) is 2.99. The van der Waals surface area contributed by atoms with E-state index in [-0.39, 0.29) is 6.61 Å². The molecule has 0 atom stereocenters. The Balaban J connectivity index is 2.45. The molecule has 94 valence electrons. The van der Waals surface area contributed by atoms with Crippen molar-refractivity contribution in [2.75, 3.05) is 6.61 Å². The van der Waals surface area contributed by atoms with Gasteiger partial charge in [0.05, 0.1) is 11.5 Å². The summed E-state index contributed by atoms with van der Waals surface area (Å²) < 4.78 is 28.9. The van der Waals surface area contributed by atoms with Gasteiger partial charge >= 0.3 is 0 Å². The van der Waals surface area contributed by atoms with Gasteiger partial charge in [-0.25, -0.2) is 0 Å². The Labute approximate surface area is 103 Å². The molecule has 1 aliphatic rings. The SMILES string of the molecule is CCOS(=O)(=O)c1ccc(C)cc1C1CCC1. The van der Waals surface area contributed by atoms with Gasteiger partial charge in [-0.1, -0.05) is 24.1 Å². The summed E-state index contributed by atoms with van der Waals surface area (Å²) in [5, 5.41) is 0. The molecule has 4 heteroatoms. The Bertz CT molecular complexity index is 501. The van der Waals surface area contributed by atoms with Crippen LogP contribution in [0.4, 0.5) is 0 Å². The van der Waals surface area contributed by atoms with Gasteiger partial charge in [-0.2, -0.15) is 8.42 Å². The molecular weight excluding hydrogens is 236 g/mol. The quantitative estimate of drug-likeness (QED) is 0.776. The van der Waals surface area contributed by atoms with Crippen molar-refractivity contribution in [3.8, 4) is 0 Å². The van der Waals surface area contributed by atoms with Gasteiger partial charge in [0, 0.05) is 0 Å². The first-order valence-electron chi connectivity index (χ1n) is 6.04. The molecule has 0 unspecified atom stereocenters. The highest BCUT2D eigenvalue weighted by Crippen LogP contribution is 2.40.